The third kappa shape index (κ3) is 3.62. The van der Waals surface area contributed by atoms with E-state index in [1.54, 1.807) is 12.3 Å². The van der Waals surface area contributed by atoms with Gasteiger partial charge in [-0.3, -0.25) is 9.20 Å². The van der Waals surface area contributed by atoms with Crippen molar-refractivity contribution in [2.24, 2.45) is 0 Å². The summed E-state index contributed by atoms with van der Waals surface area (Å²) in [6.45, 7) is 3.21. The Balaban J connectivity index is 2.00. The molecule has 0 bridgehead atoms. The quantitative estimate of drug-likeness (QED) is 0.760. The molecular weight excluding hydrogens is 242 g/mol. The van der Waals surface area contributed by atoms with Crippen LogP contribution in [0.3, 0.4) is 0 Å². The second kappa shape index (κ2) is 6.45. The maximum Gasteiger partial charge on any atom is 0.258 e. The van der Waals surface area contributed by atoms with Crippen molar-refractivity contribution in [3.8, 4) is 0 Å². The zero-order valence-corrected chi connectivity index (χ0v) is 11.0. The van der Waals surface area contributed by atoms with E-state index in [0.29, 0.717) is 25.2 Å². The number of aliphatic hydroxyl groups is 1. The molecular formula is C14H19N3O2. The molecule has 2 aromatic rings. The molecule has 0 saturated carbocycles. The molecule has 1 unspecified atom stereocenters. The molecule has 0 saturated heterocycles. The van der Waals surface area contributed by atoms with Crippen molar-refractivity contribution in [1.29, 1.82) is 0 Å². The number of hydrogen-bond acceptors (Lipinski definition) is 4. The lowest BCUT2D eigenvalue weighted by Gasteiger charge is -2.08. The van der Waals surface area contributed by atoms with E-state index < -0.39 is 0 Å². The standard InChI is InChI=1S/C14H19N3O2/c1-2-12(18)6-7-15-10-11-9-14(19)17-8-4-3-5-13(17)16-11/h3-5,8-9,12,15,18H,2,6-7,10H2,1H3. The molecule has 0 radical (unpaired) electrons. The first-order valence-corrected chi connectivity index (χ1v) is 6.57. The fraction of sp³-hybridized carbons (Fsp3) is 0.429. The molecule has 1 atom stereocenters. The molecule has 2 aromatic heterocycles. The minimum absolute atomic E-state index is 0.0732. The van der Waals surface area contributed by atoms with Crippen LogP contribution in [-0.2, 0) is 6.54 Å². The molecule has 19 heavy (non-hydrogen) atoms. The largest absolute Gasteiger partial charge is 0.393 e. The maximum absolute atomic E-state index is 11.8. The van der Waals surface area contributed by atoms with Gasteiger partial charge < -0.3 is 10.4 Å². The van der Waals surface area contributed by atoms with Crippen molar-refractivity contribution in [2.45, 2.75) is 32.4 Å². The molecule has 2 rings (SSSR count). The Labute approximate surface area is 111 Å². The highest BCUT2D eigenvalue weighted by Gasteiger charge is 2.03. The Bertz CT molecular complexity index is 595. The van der Waals surface area contributed by atoms with Crippen LogP contribution in [0, 0.1) is 0 Å². The lowest BCUT2D eigenvalue weighted by atomic mass is 10.2. The van der Waals surface area contributed by atoms with Crippen molar-refractivity contribution in [3.63, 3.8) is 0 Å². The predicted molar refractivity (Wildman–Crippen MR) is 74.1 cm³/mol. The average molecular weight is 261 g/mol. The van der Waals surface area contributed by atoms with E-state index >= 15 is 0 Å². The van der Waals surface area contributed by atoms with E-state index in [1.807, 2.05) is 19.1 Å². The third-order valence-electron chi connectivity index (χ3n) is 3.06. The third-order valence-corrected chi connectivity index (χ3v) is 3.06. The van der Waals surface area contributed by atoms with Gasteiger partial charge in [0.2, 0.25) is 0 Å². The summed E-state index contributed by atoms with van der Waals surface area (Å²) in [5.74, 6) is 0. The fourth-order valence-electron chi connectivity index (χ4n) is 1.88. The molecule has 0 aliphatic heterocycles. The summed E-state index contributed by atoms with van der Waals surface area (Å²) in [6.07, 6.45) is 2.92. The minimum Gasteiger partial charge on any atom is -0.393 e. The monoisotopic (exact) mass is 261 g/mol. The van der Waals surface area contributed by atoms with Crippen molar-refractivity contribution in [3.05, 3.63) is 46.5 Å². The van der Waals surface area contributed by atoms with Gasteiger partial charge in [-0.05, 0) is 31.5 Å². The summed E-state index contributed by atoms with van der Waals surface area (Å²) >= 11 is 0. The number of aliphatic hydroxyl groups excluding tert-OH is 1. The summed E-state index contributed by atoms with van der Waals surface area (Å²) in [7, 11) is 0. The fourth-order valence-corrected chi connectivity index (χ4v) is 1.88. The highest BCUT2D eigenvalue weighted by Crippen LogP contribution is 1.99. The van der Waals surface area contributed by atoms with Gasteiger partial charge in [0.15, 0.2) is 0 Å². The van der Waals surface area contributed by atoms with Gasteiger partial charge in [-0.25, -0.2) is 4.98 Å². The maximum atomic E-state index is 11.8. The smallest absolute Gasteiger partial charge is 0.258 e. The van der Waals surface area contributed by atoms with Gasteiger partial charge in [0.1, 0.15) is 5.65 Å². The van der Waals surface area contributed by atoms with Gasteiger partial charge >= 0.3 is 0 Å². The summed E-state index contributed by atoms with van der Waals surface area (Å²) in [6, 6.07) is 7.01. The van der Waals surface area contributed by atoms with Crippen molar-refractivity contribution in [1.82, 2.24) is 14.7 Å². The second-order valence-corrected chi connectivity index (χ2v) is 4.54. The lowest BCUT2D eigenvalue weighted by Crippen LogP contribution is -2.22. The van der Waals surface area contributed by atoms with Crippen LogP contribution in [0.25, 0.3) is 5.65 Å². The van der Waals surface area contributed by atoms with Gasteiger partial charge in [0.05, 0.1) is 11.8 Å². The van der Waals surface area contributed by atoms with Crippen LogP contribution in [-0.4, -0.2) is 27.1 Å². The molecule has 0 amide bonds. The van der Waals surface area contributed by atoms with Crippen LogP contribution in [0.4, 0.5) is 0 Å². The Morgan fingerprint density at radius 1 is 1.47 bits per heavy atom. The van der Waals surface area contributed by atoms with Gasteiger partial charge in [-0.2, -0.15) is 0 Å². The van der Waals surface area contributed by atoms with E-state index in [-0.39, 0.29) is 11.7 Å². The van der Waals surface area contributed by atoms with Crippen LogP contribution >= 0.6 is 0 Å². The molecule has 0 aliphatic carbocycles. The Kier molecular flexibility index (Phi) is 4.65. The average Bonchev–Trinajstić information content (AvgIpc) is 2.43. The molecule has 0 aliphatic rings. The number of hydrogen-bond donors (Lipinski definition) is 2. The van der Waals surface area contributed by atoms with E-state index in [2.05, 4.69) is 10.3 Å². The van der Waals surface area contributed by atoms with Crippen LogP contribution in [0.1, 0.15) is 25.5 Å². The molecule has 102 valence electrons. The molecule has 0 fully saturated rings. The number of aromatic nitrogens is 2. The molecule has 0 spiro atoms. The molecule has 2 N–H and O–H groups in total. The summed E-state index contributed by atoms with van der Waals surface area (Å²) in [5.41, 5.74) is 1.30. The van der Waals surface area contributed by atoms with Gasteiger partial charge in [-0.15, -0.1) is 0 Å². The summed E-state index contributed by atoms with van der Waals surface area (Å²) < 4.78 is 1.52. The summed E-state index contributed by atoms with van der Waals surface area (Å²) in [4.78, 5) is 16.3. The zero-order valence-electron chi connectivity index (χ0n) is 11.0. The zero-order chi connectivity index (χ0) is 13.7. The number of fused-ring (bicyclic) bond motifs is 1. The molecule has 0 aromatic carbocycles. The number of pyridine rings is 1. The van der Waals surface area contributed by atoms with Crippen molar-refractivity contribution >= 4 is 5.65 Å². The van der Waals surface area contributed by atoms with E-state index in [9.17, 15) is 9.90 Å². The van der Waals surface area contributed by atoms with Gasteiger partial charge in [0.25, 0.3) is 5.56 Å². The van der Waals surface area contributed by atoms with Gasteiger partial charge in [-0.1, -0.05) is 13.0 Å². The normalized spacial score (nSPS) is 12.7. The Hall–Kier alpha value is -1.72. The first-order valence-electron chi connectivity index (χ1n) is 6.57. The number of rotatable bonds is 6. The van der Waals surface area contributed by atoms with E-state index in [1.165, 1.54) is 10.5 Å². The van der Waals surface area contributed by atoms with Gasteiger partial charge in [0, 0.05) is 18.8 Å². The molecule has 2 heterocycles. The Morgan fingerprint density at radius 2 is 2.32 bits per heavy atom. The number of nitrogens with zero attached hydrogens (tertiary/aromatic N) is 2. The number of nitrogens with one attached hydrogen (secondary N) is 1. The molecule has 5 nitrogen and oxygen atoms in total. The summed E-state index contributed by atoms with van der Waals surface area (Å²) in [5, 5.41) is 12.6. The first kappa shape index (κ1) is 13.7. The highest BCUT2D eigenvalue weighted by atomic mass is 16.3. The molecule has 5 heteroatoms. The predicted octanol–water partition coefficient (Wildman–Crippen LogP) is 0.945. The van der Waals surface area contributed by atoms with Crippen molar-refractivity contribution < 1.29 is 5.11 Å². The Morgan fingerprint density at radius 3 is 3.11 bits per heavy atom. The second-order valence-electron chi connectivity index (χ2n) is 4.54. The topological polar surface area (TPSA) is 66.6 Å². The van der Waals surface area contributed by atoms with Crippen LogP contribution in [0.2, 0.25) is 0 Å². The first-order chi connectivity index (χ1) is 9.20. The van der Waals surface area contributed by atoms with Crippen LogP contribution < -0.4 is 10.9 Å². The SMILES string of the molecule is CCC(O)CCNCc1cc(=O)n2ccccc2n1. The minimum atomic E-state index is -0.261. The van der Waals surface area contributed by atoms with E-state index in [4.69, 9.17) is 0 Å². The van der Waals surface area contributed by atoms with Crippen LogP contribution in [0.5, 0.6) is 0 Å². The lowest BCUT2D eigenvalue weighted by molar-refractivity contribution is 0.159. The van der Waals surface area contributed by atoms with Crippen LogP contribution in [0.15, 0.2) is 35.3 Å². The van der Waals surface area contributed by atoms with E-state index in [0.717, 1.165) is 12.1 Å². The van der Waals surface area contributed by atoms with Crippen molar-refractivity contribution in [2.75, 3.05) is 6.54 Å². The highest BCUT2D eigenvalue weighted by molar-refractivity contribution is 5.37.